The Bertz CT molecular complexity index is 727. The Balaban J connectivity index is -0.000000192. The quantitative estimate of drug-likeness (QED) is 0.0914. The van der Waals surface area contributed by atoms with Gasteiger partial charge in [0, 0.05) is 50.3 Å². The average molecular weight is 819 g/mol. The van der Waals surface area contributed by atoms with E-state index in [1.165, 1.54) is 52.1 Å². The van der Waals surface area contributed by atoms with Crippen LogP contribution in [0.15, 0.2) is 0 Å². The molecule has 352 valence electrons. The first-order valence-electron chi connectivity index (χ1n) is 23.2. The topological polar surface area (TPSA) is 64.3 Å². The second-order valence-electron chi connectivity index (χ2n) is 21.4. The summed E-state index contributed by atoms with van der Waals surface area (Å²) in [6.07, 6.45) is 2.65. The Labute approximate surface area is 363 Å². The Morgan fingerprint density at radius 2 is 0.965 bits per heavy atom. The van der Waals surface area contributed by atoms with E-state index in [0.717, 1.165) is 80.8 Å². The molecule has 0 aromatic heterocycles. The number of rotatable bonds is 20. The van der Waals surface area contributed by atoms with Crippen LogP contribution >= 0.6 is 0 Å². The maximum Gasteiger partial charge on any atom is 0.0106 e. The lowest BCUT2D eigenvalue weighted by Crippen LogP contribution is -2.41. The number of nitrogens with zero attached hydrogens (tertiary/aromatic N) is 5. The molecule has 57 heavy (non-hydrogen) atoms. The van der Waals surface area contributed by atoms with Gasteiger partial charge in [-0.05, 0) is 171 Å². The zero-order valence-corrected chi connectivity index (χ0v) is 44.3. The molecule has 0 aromatic rings. The van der Waals surface area contributed by atoms with Gasteiger partial charge in [-0.1, -0.05) is 96.9 Å². The predicted molar refractivity (Wildman–Crippen MR) is 264 cm³/mol. The van der Waals surface area contributed by atoms with Gasteiger partial charge >= 0.3 is 0 Å². The number of likely N-dealkylation sites (N-methyl/N-ethyl adjacent to an activating group) is 3. The SMILES string of the molecule is CC(C)CN(C)C.CC(C)CN(C)CCN(C)C.CC(C)CNC(C)(C)C.CC(C)CNC(C)C.CC(C)CNC1CCN(C)CC1.CC(C)CNCCN(C)C. The first-order chi connectivity index (χ1) is 26.0. The monoisotopic (exact) mass is 818 g/mol. The van der Waals surface area contributed by atoms with Gasteiger partial charge in [0.15, 0.2) is 0 Å². The third-order valence-electron chi connectivity index (χ3n) is 8.13. The van der Waals surface area contributed by atoms with E-state index in [9.17, 15) is 0 Å². The van der Waals surface area contributed by atoms with Crippen LogP contribution in [-0.2, 0) is 0 Å². The molecule has 1 heterocycles. The highest BCUT2D eigenvalue weighted by Gasteiger charge is 2.15. The highest BCUT2D eigenvalue weighted by Crippen LogP contribution is 2.08. The number of nitrogens with one attached hydrogen (secondary N) is 4. The van der Waals surface area contributed by atoms with E-state index in [4.69, 9.17) is 0 Å². The molecule has 1 aliphatic rings. The molecular weight excluding hydrogens is 703 g/mol. The van der Waals surface area contributed by atoms with Crippen molar-refractivity contribution in [3.8, 4) is 0 Å². The van der Waals surface area contributed by atoms with Crippen molar-refractivity contribution >= 4 is 0 Å². The molecule has 0 bridgehead atoms. The Hall–Kier alpha value is -0.360. The van der Waals surface area contributed by atoms with Crippen molar-refractivity contribution in [2.45, 2.75) is 148 Å². The first-order valence-corrected chi connectivity index (χ1v) is 23.2. The lowest BCUT2D eigenvalue weighted by molar-refractivity contribution is 0.231. The molecule has 9 heteroatoms. The standard InChI is InChI=1S/C10H22N2.C9H22N2.C8H20N2.C8H19N.C7H17N.C6H15N/c1-9(2)8-11-10-4-6-12(3)7-5-10;1-9(2)8-11(5)7-6-10(3)4;1-8(2)7-9-5-6-10(3)4;1-7(2)6-9-8(3,4)5;1-6(2)5-8-7(3)4;1-6(2)5-7(3)4/h9-11H,4-8H2,1-3H3;9H,6-8H2,1-5H3;8-9H,5-7H2,1-4H3;7,9H,6H2,1-5H3;6-8H,5H2,1-4H3;6H,5H2,1-4H3. The van der Waals surface area contributed by atoms with Crippen LogP contribution in [0.4, 0.5) is 0 Å². The van der Waals surface area contributed by atoms with Gasteiger partial charge in [-0.2, -0.15) is 0 Å². The number of likely N-dealkylation sites (tertiary alicyclic amines) is 1. The van der Waals surface area contributed by atoms with Gasteiger partial charge in [-0.3, -0.25) is 0 Å². The fourth-order valence-corrected chi connectivity index (χ4v) is 5.11. The van der Waals surface area contributed by atoms with Gasteiger partial charge in [0.2, 0.25) is 0 Å². The van der Waals surface area contributed by atoms with Crippen LogP contribution in [0.5, 0.6) is 0 Å². The molecule has 0 atom stereocenters. The van der Waals surface area contributed by atoms with Gasteiger partial charge in [0.05, 0.1) is 0 Å². The van der Waals surface area contributed by atoms with Crippen molar-refractivity contribution in [1.29, 1.82) is 0 Å². The molecule has 1 saturated heterocycles. The summed E-state index contributed by atoms with van der Waals surface area (Å²) in [6.45, 7) is 51.8. The van der Waals surface area contributed by atoms with Crippen LogP contribution in [0.1, 0.15) is 131 Å². The fraction of sp³-hybridized carbons (Fsp3) is 1.00. The average Bonchev–Trinajstić information content (AvgIpc) is 3.04. The molecule has 4 N–H and O–H groups in total. The molecule has 0 spiro atoms. The molecule has 0 saturated carbocycles. The normalized spacial score (nSPS) is 13.9. The predicted octanol–water partition coefficient (Wildman–Crippen LogP) is 8.13. The summed E-state index contributed by atoms with van der Waals surface area (Å²) in [6, 6.07) is 1.42. The van der Waals surface area contributed by atoms with Gasteiger partial charge < -0.3 is 45.8 Å². The highest BCUT2D eigenvalue weighted by molar-refractivity contribution is 4.75. The maximum atomic E-state index is 3.61. The smallest absolute Gasteiger partial charge is 0.0106 e. The molecule has 9 nitrogen and oxygen atoms in total. The zero-order valence-electron chi connectivity index (χ0n) is 44.3. The fourth-order valence-electron chi connectivity index (χ4n) is 5.11. The summed E-state index contributed by atoms with van der Waals surface area (Å²) < 4.78 is 0. The van der Waals surface area contributed by atoms with E-state index in [0.29, 0.717) is 6.04 Å². The van der Waals surface area contributed by atoms with Crippen molar-refractivity contribution in [3.63, 3.8) is 0 Å². The minimum atomic E-state index is 0.282. The van der Waals surface area contributed by atoms with E-state index in [-0.39, 0.29) is 5.54 Å². The number of piperidine rings is 1. The van der Waals surface area contributed by atoms with Crippen LogP contribution in [-0.4, -0.2) is 177 Å². The minimum absolute atomic E-state index is 0.282. The Morgan fingerprint density at radius 1 is 0.526 bits per heavy atom. The van der Waals surface area contributed by atoms with Gasteiger partial charge in [0.1, 0.15) is 0 Å². The Kier molecular flexibility index (Phi) is 48.8. The van der Waals surface area contributed by atoms with E-state index in [1.807, 2.05) is 0 Å². The van der Waals surface area contributed by atoms with E-state index >= 15 is 0 Å². The van der Waals surface area contributed by atoms with Crippen molar-refractivity contribution in [2.75, 3.05) is 135 Å². The second-order valence-corrected chi connectivity index (χ2v) is 21.4. The molecule has 1 aliphatic heterocycles. The van der Waals surface area contributed by atoms with Gasteiger partial charge in [0.25, 0.3) is 0 Å². The van der Waals surface area contributed by atoms with Crippen molar-refractivity contribution in [2.24, 2.45) is 35.5 Å². The lowest BCUT2D eigenvalue weighted by Gasteiger charge is -2.30. The van der Waals surface area contributed by atoms with Gasteiger partial charge in [-0.25, -0.2) is 0 Å². The van der Waals surface area contributed by atoms with Crippen LogP contribution in [0.3, 0.4) is 0 Å². The van der Waals surface area contributed by atoms with Gasteiger partial charge in [-0.15, -0.1) is 0 Å². The van der Waals surface area contributed by atoms with Crippen molar-refractivity contribution < 1.29 is 0 Å². The molecule has 0 amide bonds. The van der Waals surface area contributed by atoms with E-state index < -0.39 is 0 Å². The lowest BCUT2D eigenvalue weighted by atomic mass is 10.0. The second kappa shape index (κ2) is 42.3. The van der Waals surface area contributed by atoms with Crippen molar-refractivity contribution in [1.82, 2.24) is 45.8 Å². The first kappa shape index (κ1) is 65.8. The third-order valence-corrected chi connectivity index (χ3v) is 8.13. The summed E-state index contributed by atoms with van der Waals surface area (Å²) >= 11 is 0. The van der Waals surface area contributed by atoms with Crippen LogP contribution < -0.4 is 21.3 Å². The molecule has 1 fully saturated rings. The van der Waals surface area contributed by atoms with Crippen LogP contribution in [0.2, 0.25) is 0 Å². The maximum absolute atomic E-state index is 3.61. The summed E-state index contributed by atoms with van der Waals surface area (Å²) in [7, 11) is 17.0. The summed E-state index contributed by atoms with van der Waals surface area (Å²) in [5, 5.41) is 13.8. The summed E-state index contributed by atoms with van der Waals surface area (Å²) in [4.78, 5) is 11.4. The molecule has 0 unspecified atom stereocenters. The molecule has 0 radical (unpaired) electrons. The molecule has 1 rings (SSSR count). The van der Waals surface area contributed by atoms with E-state index in [1.54, 1.807) is 0 Å². The van der Waals surface area contributed by atoms with Crippen LogP contribution in [0, 0.1) is 35.5 Å². The van der Waals surface area contributed by atoms with Crippen LogP contribution in [0.25, 0.3) is 0 Å². The van der Waals surface area contributed by atoms with Crippen molar-refractivity contribution in [3.05, 3.63) is 0 Å². The highest BCUT2D eigenvalue weighted by atomic mass is 15.1. The summed E-state index contributed by atoms with van der Waals surface area (Å²) in [5.41, 5.74) is 0.282. The summed E-state index contributed by atoms with van der Waals surface area (Å²) in [5.74, 6) is 4.66. The van der Waals surface area contributed by atoms with E-state index in [2.05, 4.69) is 220 Å². The molecular formula is C48H115N9. The molecule has 0 aliphatic carbocycles. The molecule has 0 aromatic carbocycles. The zero-order chi connectivity index (χ0) is 45.7. The minimum Gasteiger partial charge on any atom is -0.315 e. The largest absolute Gasteiger partial charge is 0.315 e. The number of hydrogen-bond acceptors (Lipinski definition) is 9. The third kappa shape index (κ3) is 76.9. The Morgan fingerprint density at radius 3 is 1.25 bits per heavy atom. The number of hydrogen-bond donors (Lipinski definition) is 4.